The van der Waals surface area contributed by atoms with Gasteiger partial charge < -0.3 is 5.32 Å². The van der Waals surface area contributed by atoms with E-state index in [4.69, 9.17) is 0 Å². The SMILES string of the molecule is O=C(NC1CC1)C1CCN(S(=O)(=O)c2ccc3ccccc3c2)CC1. The van der Waals surface area contributed by atoms with Gasteiger partial charge in [-0.25, -0.2) is 8.42 Å². The van der Waals surface area contributed by atoms with E-state index in [-0.39, 0.29) is 11.8 Å². The van der Waals surface area contributed by atoms with E-state index in [1.807, 2.05) is 30.3 Å². The van der Waals surface area contributed by atoms with Crippen molar-refractivity contribution in [2.24, 2.45) is 5.92 Å². The number of hydrogen-bond donors (Lipinski definition) is 1. The van der Waals surface area contributed by atoms with Gasteiger partial charge in [0.2, 0.25) is 15.9 Å². The van der Waals surface area contributed by atoms with Crippen LogP contribution in [0.1, 0.15) is 25.7 Å². The first kappa shape index (κ1) is 16.5. The molecule has 0 unspecified atom stereocenters. The fourth-order valence-electron chi connectivity index (χ4n) is 3.38. The second-order valence-electron chi connectivity index (χ2n) is 6.97. The summed E-state index contributed by atoms with van der Waals surface area (Å²) in [7, 11) is -3.51. The molecule has 0 spiro atoms. The molecule has 1 saturated carbocycles. The van der Waals surface area contributed by atoms with Crippen LogP contribution in [-0.2, 0) is 14.8 Å². The predicted octanol–water partition coefficient (Wildman–Crippen LogP) is 2.52. The summed E-state index contributed by atoms with van der Waals surface area (Å²) in [6.45, 7) is 0.801. The van der Waals surface area contributed by atoms with Gasteiger partial charge in [0.15, 0.2) is 0 Å². The van der Waals surface area contributed by atoms with Crippen molar-refractivity contribution in [2.45, 2.75) is 36.6 Å². The zero-order chi connectivity index (χ0) is 17.4. The van der Waals surface area contributed by atoms with Crippen molar-refractivity contribution >= 4 is 26.7 Å². The molecule has 1 N–H and O–H groups in total. The van der Waals surface area contributed by atoms with Crippen LogP contribution in [0.2, 0.25) is 0 Å². The number of piperidine rings is 1. The minimum Gasteiger partial charge on any atom is -0.353 e. The normalized spacial score (nSPS) is 19.8. The molecule has 1 aliphatic heterocycles. The highest BCUT2D eigenvalue weighted by molar-refractivity contribution is 7.89. The molecule has 2 fully saturated rings. The summed E-state index contributed by atoms with van der Waals surface area (Å²) in [6.07, 6.45) is 3.32. The lowest BCUT2D eigenvalue weighted by Crippen LogP contribution is -2.43. The summed E-state index contributed by atoms with van der Waals surface area (Å²) in [6, 6.07) is 13.3. The van der Waals surface area contributed by atoms with Crippen LogP contribution in [0.15, 0.2) is 47.4 Å². The molecular weight excluding hydrogens is 336 g/mol. The summed E-state index contributed by atoms with van der Waals surface area (Å²) < 4.78 is 27.4. The van der Waals surface area contributed by atoms with Crippen molar-refractivity contribution < 1.29 is 13.2 Å². The molecule has 0 bridgehead atoms. The van der Waals surface area contributed by atoms with Gasteiger partial charge in [0.1, 0.15) is 0 Å². The molecule has 0 aromatic heterocycles. The number of carbonyl (C=O) groups is 1. The lowest BCUT2D eigenvalue weighted by Gasteiger charge is -2.30. The quantitative estimate of drug-likeness (QED) is 0.913. The Morgan fingerprint density at radius 1 is 0.960 bits per heavy atom. The predicted molar refractivity (Wildman–Crippen MR) is 96.6 cm³/mol. The number of amides is 1. The first-order valence-corrected chi connectivity index (χ1v) is 10.3. The molecule has 25 heavy (non-hydrogen) atoms. The van der Waals surface area contributed by atoms with Crippen molar-refractivity contribution in [1.82, 2.24) is 9.62 Å². The van der Waals surface area contributed by atoms with Crippen molar-refractivity contribution in [1.29, 1.82) is 0 Å². The van der Waals surface area contributed by atoms with E-state index in [1.165, 1.54) is 4.31 Å². The van der Waals surface area contributed by atoms with Crippen LogP contribution < -0.4 is 5.32 Å². The number of nitrogens with one attached hydrogen (secondary N) is 1. The topological polar surface area (TPSA) is 66.5 Å². The van der Waals surface area contributed by atoms with Gasteiger partial charge in [-0.05, 0) is 48.6 Å². The first-order chi connectivity index (χ1) is 12.0. The summed E-state index contributed by atoms with van der Waals surface area (Å²) >= 11 is 0. The fourth-order valence-corrected chi connectivity index (χ4v) is 4.89. The molecule has 132 valence electrons. The van der Waals surface area contributed by atoms with Crippen LogP contribution in [-0.4, -0.2) is 37.8 Å². The van der Waals surface area contributed by atoms with Crippen molar-refractivity contribution in [2.75, 3.05) is 13.1 Å². The molecule has 0 radical (unpaired) electrons. The number of fused-ring (bicyclic) bond motifs is 1. The Labute approximate surface area is 148 Å². The lowest BCUT2D eigenvalue weighted by atomic mass is 9.97. The number of rotatable bonds is 4. The Balaban J connectivity index is 1.47. The minimum atomic E-state index is -3.51. The third kappa shape index (κ3) is 3.41. The highest BCUT2D eigenvalue weighted by Gasteiger charge is 2.34. The summed E-state index contributed by atoms with van der Waals surface area (Å²) in [4.78, 5) is 12.5. The average molecular weight is 358 g/mol. The number of hydrogen-bond acceptors (Lipinski definition) is 3. The van der Waals surface area contributed by atoms with Gasteiger partial charge in [0.25, 0.3) is 0 Å². The van der Waals surface area contributed by atoms with Crippen LogP contribution in [0, 0.1) is 5.92 Å². The number of nitrogens with zero attached hydrogens (tertiary/aromatic N) is 1. The molecule has 2 aliphatic rings. The Morgan fingerprint density at radius 2 is 1.64 bits per heavy atom. The molecule has 2 aromatic rings. The van der Waals surface area contributed by atoms with Gasteiger partial charge in [0, 0.05) is 25.0 Å². The van der Waals surface area contributed by atoms with E-state index >= 15 is 0 Å². The van der Waals surface area contributed by atoms with Gasteiger partial charge in [0.05, 0.1) is 4.90 Å². The largest absolute Gasteiger partial charge is 0.353 e. The molecule has 1 heterocycles. The summed E-state index contributed by atoms with van der Waals surface area (Å²) in [5.41, 5.74) is 0. The van der Waals surface area contributed by atoms with Crippen LogP contribution in [0.25, 0.3) is 10.8 Å². The van der Waals surface area contributed by atoms with Crippen LogP contribution >= 0.6 is 0 Å². The number of sulfonamides is 1. The maximum Gasteiger partial charge on any atom is 0.243 e. The highest BCUT2D eigenvalue weighted by atomic mass is 32.2. The lowest BCUT2D eigenvalue weighted by molar-refractivity contribution is -0.126. The van der Waals surface area contributed by atoms with E-state index in [2.05, 4.69) is 5.32 Å². The van der Waals surface area contributed by atoms with Gasteiger partial charge in [-0.1, -0.05) is 30.3 Å². The van der Waals surface area contributed by atoms with E-state index in [9.17, 15) is 13.2 Å². The molecular formula is C19H22N2O3S. The Morgan fingerprint density at radius 3 is 2.32 bits per heavy atom. The maximum absolute atomic E-state index is 12.9. The summed E-state index contributed by atoms with van der Waals surface area (Å²) in [5, 5.41) is 4.97. The fraction of sp³-hybridized carbons (Fsp3) is 0.421. The first-order valence-electron chi connectivity index (χ1n) is 8.83. The highest BCUT2D eigenvalue weighted by Crippen LogP contribution is 2.27. The molecule has 1 aliphatic carbocycles. The molecule has 5 nitrogen and oxygen atoms in total. The Kier molecular flexibility index (Phi) is 4.25. The standard InChI is InChI=1S/C19H22N2O3S/c22-19(20-17-6-7-17)15-9-11-21(12-10-15)25(23,24)18-8-5-14-3-1-2-4-16(14)13-18/h1-5,8,13,15,17H,6-7,9-12H2,(H,20,22). The molecule has 2 aromatic carbocycles. The Bertz CT molecular complexity index is 898. The average Bonchev–Trinajstić information content (AvgIpc) is 3.45. The van der Waals surface area contributed by atoms with Gasteiger partial charge in [-0.2, -0.15) is 4.31 Å². The van der Waals surface area contributed by atoms with E-state index in [0.717, 1.165) is 23.6 Å². The van der Waals surface area contributed by atoms with Gasteiger partial charge in [-0.3, -0.25) is 4.79 Å². The smallest absolute Gasteiger partial charge is 0.243 e. The second kappa shape index (κ2) is 6.42. The molecule has 6 heteroatoms. The van der Waals surface area contributed by atoms with Crippen molar-refractivity contribution in [3.8, 4) is 0 Å². The zero-order valence-corrected chi connectivity index (χ0v) is 14.8. The zero-order valence-electron chi connectivity index (χ0n) is 14.0. The summed E-state index contributed by atoms with van der Waals surface area (Å²) in [5.74, 6) is 0.0221. The maximum atomic E-state index is 12.9. The minimum absolute atomic E-state index is 0.0661. The Hall–Kier alpha value is -1.92. The molecule has 4 rings (SSSR count). The second-order valence-corrected chi connectivity index (χ2v) is 8.91. The van der Waals surface area contributed by atoms with Crippen molar-refractivity contribution in [3.05, 3.63) is 42.5 Å². The van der Waals surface area contributed by atoms with E-state index < -0.39 is 10.0 Å². The molecule has 1 amide bonds. The number of carbonyl (C=O) groups excluding carboxylic acids is 1. The van der Waals surface area contributed by atoms with Gasteiger partial charge in [-0.15, -0.1) is 0 Å². The van der Waals surface area contributed by atoms with Crippen LogP contribution in [0.3, 0.4) is 0 Å². The van der Waals surface area contributed by atoms with E-state index in [1.54, 1.807) is 12.1 Å². The van der Waals surface area contributed by atoms with Crippen LogP contribution in [0.5, 0.6) is 0 Å². The third-order valence-electron chi connectivity index (χ3n) is 5.11. The van der Waals surface area contributed by atoms with Gasteiger partial charge >= 0.3 is 0 Å². The molecule has 0 atom stereocenters. The number of benzene rings is 2. The van der Waals surface area contributed by atoms with E-state index in [0.29, 0.717) is 36.9 Å². The molecule has 1 saturated heterocycles. The monoisotopic (exact) mass is 358 g/mol. The third-order valence-corrected chi connectivity index (χ3v) is 7.00. The van der Waals surface area contributed by atoms with Crippen LogP contribution in [0.4, 0.5) is 0 Å². The van der Waals surface area contributed by atoms with Crippen molar-refractivity contribution in [3.63, 3.8) is 0 Å².